The van der Waals surface area contributed by atoms with E-state index in [1.807, 2.05) is 13.8 Å². The van der Waals surface area contributed by atoms with Crippen molar-refractivity contribution in [3.05, 3.63) is 12.7 Å². The molecule has 7 unspecified atom stereocenters. The van der Waals surface area contributed by atoms with Crippen molar-refractivity contribution in [1.82, 2.24) is 10.6 Å². The summed E-state index contributed by atoms with van der Waals surface area (Å²) in [6.45, 7) is 13.6. The number of methoxy groups -OCH3 is 2. The van der Waals surface area contributed by atoms with Crippen LogP contribution in [0, 0.1) is 17.8 Å². The molecule has 2 N–H and O–H groups in total. The number of aldehydes is 1. The van der Waals surface area contributed by atoms with Gasteiger partial charge in [0.2, 0.25) is 11.8 Å². The lowest BCUT2D eigenvalue weighted by atomic mass is 9.79. The fourth-order valence-electron chi connectivity index (χ4n) is 3.47. The monoisotopic (exact) mass is 540 g/mol. The zero-order chi connectivity index (χ0) is 24.3. The molecule has 11 atom stereocenters. The molecule has 2 amide bonds. The van der Waals surface area contributed by atoms with E-state index < -0.39 is 0 Å². The molecule has 0 spiro atoms. The maximum Gasteiger partial charge on any atom is 0.228 e. The lowest BCUT2D eigenvalue weighted by Crippen LogP contribution is -2.64. The van der Waals surface area contributed by atoms with Gasteiger partial charge >= 0.3 is 0 Å². The zero-order valence-electron chi connectivity index (χ0n) is 20.0. The highest BCUT2D eigenvalue weighted by Gasteiger charge is 2.45. The van der Waals surface area contributed by atoms with E-state index in [2.05, 4.69) is 49.5 Å². The Bertz CT molecular complexity index is 584. The first-order valence-corrected chi connectivity index (χ1v) is 12.0. The van der Waals surface area contributed by atoms with Gasteiger partial charge in [-0.2, -0.15) is 0 Å². The van der Waals surface area contributed by atoms with Crippen LogP contribution in [0.3, 0.4) is 0 Å². The van der Waals surface area contributed by atoms with Crippen LogP contribution in [0.4, 0.5) is 0 Å². The summed E-state index contributed by atoms with van der Waals surface area (Å²) in [5.41, 5.74) is 1.54. The fourth-order valence-corrected chi connectivity index (χ4v) is 4.65. The lowest BCUT2D eigenvalue weighted by molar-refractivity contribution is -0.144. The van der Waals surface area contributed by atoms with Crippen LogP contribution in [0.1, 0.15) is 70.7 Å². The van der Waals surface area contributed by atoms with Crippen molar-refractivity contribution in [2.75, 3.05) is 14.2 Å². The van der Waals surface area contributed by atoms with Crippen LogP contribution in [0.5, 0.6) is 0 Å². The average Bonchev–Trinajstić information content (AvgIpc) is 2.68. The number of nitrogens with one attached hydrogen (secondary N) is 2. The van der Waals surface area contributed by atoms with Gasteiger partial charge in [-0.1, -0.05) is 56.6 Å². The van der Waals surface area contributed by atoms with Crippen molar-refractivity contribution in [2.24, 2.45) is 17.8 Å². The molecule has 0 bridgehead atoms. The summed E-state index contributed by atoms with van der Waals surface area (Å²) in [7, 11) is 8.75. The second-order valence-electron chi connectivity index (χ2n) is 8.42. The topological polar surface area (TPSA) is 93.7 Å². The highest BCUT2D eigenvalue weighted by molar-refractivity contribution is 7.18. The van der Waals surface area contributed by atoms with Gasteiger partial charge in [0, 0.05) is 20.1 Å². The van der Waals surface area contributed by atoms with Gasteiger partial charge in [0.05, 0.1) is 36.1 Å². The quantitative estimate of drug-likeness (QED) is 0.191. The summed E-state index contributed by atoms with van der Waals surface area (Å²) < 4.78 is 10.1. The molecule has 0 aromatic heterocycles. The number of carbonyl (C=O) groups is 3. The van der Waals surface area contributed by atoms with Gasteiger partial charge in [-0.3, -0.25) is 9.59 Å². The molecule has 7 nitrogen and oxygen atoms in total. The van der Waals surface area contributed by atoms with Gasteiger partial charge in [0.25, 0.3) is 0 Å². The molecule has 2 saturated heterocycles. The molecular formula is C26H58N2O5P2. The first-order chi connectivity index (χ1) is 14.4. The predicted molar refractivity (Wildman–Crippen MR) is 159 cm³/mol. The minimum Gasteiger partial charge on any atom is -0.381 e. The molecule has 0 aliphatic carbocycles. The molecule has 0 radical (unpaired) electrons. The zero-order valence-corrected chi connectivity index (χ0v) is 22.3. The Morgan fingerprint density at radius 2 is 1.26 bits per heavy atom. The Morgan fingerprint density at radius 3 is 1.51 bits per heavy atom. The van der Waals surface area contributed by atoms with Crippen LogP contribution in [0.25, 0.3) is 0 Å². The Labute approximate surface area is 222 Å². The molecule has 0 aromatic rings. The van der Waals surface area contributed by atoms with E-state index in [1.165, 1.54) is 6.42 Å². The molecule has 2 aliphatic heterocycles. The molecule has 212 valence electrons. The van der Waals surface area contributed by atoms with Gasteiger partial charge in [0.15, 0.2) is 0 Å². The van der Waals surface area contributed by atoms with Gasteiger partial charge in [0.1, 0.15) is 6.29 Å². The van der Waals surface area contributed by atoms with Crippen LogP contribution >= 0.6 is 18.5 Å². The summed E-state index contributed by atoms with van der Waals surface area (Å²) in [5.74, 6) is -0.319. The minimum absolute atomic E-state index is 0. The third-order valence-electron chi connectivity index (χ3n) is 5.53. The third-order valence-corrected chi connectivity index (χ3v) is 6.08. The van der Waals surface area contributed by atoms with Crippen molar-refractivity contribution < 1.29 is 23.9 Å². The fraction of sp³-hybridized carbons (Fsp3) is 0.808. The maximum absolute atomic E-state index is 11.2. The Balaban J connectivity index is -0.000000126. The van der Waals surface area contributed by atoms with Gasteiger partial charge in [-0.05, 0) is 31.6 Å². The van der Waals surface area contributed by atoms with Gasteiger partial charge in [-0.15, -0.1) is 25.1 Å². The Hall–Kier alpha value is -0.870. The van der Waals surface area contributed by atoms with E-state index >= 15 is 0 Å². The summed E-state index contributed by atoms with van der Waals surface area (Å²) >= 11 is 0. The summed E-state index contributed by atoms with van der Waals surface area (Å²) in [4.78, 5) is 32.6. The number of rotatable bonds is 9. The smallest absolute Gasteiger partial charge is 0.228 e. The van der Waals surface area contributed by atoms with E-state index in [-0.39, 0.29) is 83.6 Å². The third kappa shape index (κ3) is 14.5. The summed E-state index contributed by atoms with van der Waals surface area (Å²) in [6, 6.07) is 0.0393. The second kappa shape index (κ2) is 22.3. The van der Waals surface area contributed by atoms with E-state index in [0.29, 0.717) is 0 Å². The van der Waals surface area contributed by atoms with Crippen molar-refractivity contribution >= 4 is 36.6 Å². The highest BCUT2D eigenvalue weighted by atomic mass is 31.0. The van der Waals surface area contributed by atoms with Crippen LogP contribution < -0.4 is 10.6 Å². The predicted octanol–water partition coefficient (Wildman–Crippen LogP) is 4.74. The number of carbonyl (C=O) groups excluding carboxylic acids is 3. The SMILES string of the molecule is C.C.C.C.C=CC1NC(=O)[C@@H]1C(C)OC.CC(P)C[C@H](C)P.COC(C)[C@H]1C(=O)NC1[C@@H](C)C=O. The molecule has 2 heterocycles. The van der Waals surface area contributed by atoms with Crippen molar-refractivity contribution in [1.29, 1.82) is 0 Å². The molecule has 0 aromatic carbocycles. The van der Waals surface area contributed by atoms with E-state index in [9.17, 15) is 14.4 Å². The number of ether oxygens (including phenoxy) is 2. The van der Waals surface area contributed by atoms with E-state index in [0.717, 1.165) is 17.6 Å². The second-order valence-corrected chi connectivity index (χ2v) is 10.7. The molecule has 0 saturated carbocycles. The van der Waals surface area contributed by atoms with E-state index in [1.54, 1.807) is 27.2 Å². The number of hydrogen-bond donors (Lipinski definition) is 2. The number of amides is 2. The normalized spacial score (nSPS) is 25.5. The summed E-state index contributed by atoms with van der Waals surface area (Å²) in [6.07, 6.45) is 3.74. The van der Waals surface area contributed by atoms with Crippen molar-refractivity contribution in [3.63, 3.8) is 0 Å². The molecule has 35 heavy (non-hydrogen) atoms. The molecular weight excluding hydrogens is 482 g/mol. The largest absolute Gasteiger partial charge is 0.381 e. The number of β-lactam (4-membered cyclic amide) rings is 2. The van der Waals surface area contributed by atoms with Crippen molar-refractivity contribution in [2.45, 2.75) is 106 Å². The van der Waals surface area contributed by atoms with Crippen LogP contribution in [0.15, 0.2) is 12.7 Å². The summed E-state index contributed by atoms with van der Waals surface area (Å²) in [5, 5.41) is 5.43. The first-order valence-electron chi connectivity index (χ1n) is 10.7. The minimum atomic E-state index is -0.176. The standard InChI is InChI=1S/C9H15NO3.C8H13NO2.C5H14P2.4CH4/c1-5(4-11)8-7(6(2)13-3)9(12)10-8;1-4-6-7(5(2)11-3)8(10)9-6;1-4(6)3-5(2)7;;;;/h4-8H,1-3H3,(H,10,12);4-7H,1H2,2-3H3,(H,9,10);4-5H,3,6-7H2,1-2H3;4*1H4/t5-,6?,7+,8?;5?,6?,7-;4-,5?;;;;/m010..../s1. The number of hydrogen-bond acceptors (Lipinski definition) is 5. The highest BCUT2D eigenvalue weighted by Crippen LogP contribution is 2.25. The van der Waals surface area contributed by atoms with Crippen LogP contribution in [-0.4, -0.2) is 67.9 Å². The Morgan fingerprint density at radius 1 is 0.857 bits per heavy atom. The lowest BCUT2D eigenvalue weighted by Gasteiger charge is -2.41. The van der Waals surface area contributed by atoms with Gasteiger partial charge in [-0.25, -0.2) is 0 Å². The van der Waals surface area contributed by atoms with Gasteiger partial charge < -0.3 is 24.9 Å². The Kier molecular flexibility index (Phi) is 28.2. The maximum atomic E-state index is 11.2. The van der Waals surface area contributed by atoms with Crippen molar-refractivity contribution in [3.8, 4) is 0 Å². The molecule has 2 rings (SSSR count). The van der Waals surface area contributed by atoms with Crippen LogP contribution in [0.2, 0.25) is 0 Å². The average molecular weight is 541 g/mol. The first kappa shape index (κ1) is 44.1. The molecule has 9 heteroatoms. The molecule has 2 aliphatic rings. The molecule has 2 fully saturated rings. The van der Waals surface area contributed by atoms with E-state index in [4.69, 9.17) is 9.47 Å². The van der Waals surface area contributed by atoms with Crippen LogP contribution in [-0.2, 0) is 23.9 Å².